The molecule has 3 atom stereocenters. The fourth-order valence-corrected chi connectivity index (χ4v) is 3.41. The summed E-state index contributed by atoms with van der Waals surface area (Å²) in [7, 11) is 0. The van der Waals surface area contributed by atoms with Gasteiger partial charge in [0.2, 0.25) is 5.91 Å². The summed E-state index contributed by atoms with van der Waals surface area (Å²) in [6, 6.07) is 10.0. The van der Waals surface area contributed by atoms with E-state index in [1.54, 1.807) is 0 Å². The standard InChI is InChI=1S/C16H19NO3/c1-11(18)20-15-9-13-7-8-14(15)17(16(13)19)10-12-5-3-2-4-6-12/h2-6,13-15H,7-10H2,1H3/t13-,14+,15-/m0/s1. The van der Waals surface area contributed by atoms with E-state index in [-0.39, 0.29) is 29.9 Å². The highest BCUT2D eigenvalue weighted by Crippen LogP contribution is 2.38. The molecule has 3 aliphatic rings. The number of hydrogen-bond acceptors (Lipinski definition) is 3. The number of piperidine rings is 2. The summed E-state index contributed by atoms with van der Waals surface area (Å²) in [6.45, 7) is 2.05. The average molecular weight is 273 g/mol. The minimum Gasteiger partial charge on any atom is -0.460 e. The molecule has 106 valence electrons. The number of amides is 1. The maximum Gasteiger partial charge on any atom is 0.302 e. The minimum atomic E-state index is -0.255. The number of benzene rings is 1. The molecular weight excluding hydrogens is 254 g/mol. The first-order valence-electron chi connectivity index (χ1n) is 7.17. The largest absolute Gasteiger partial charge is 0.460 e. The van der Waals surface area contributed by atoms with Gasteiger partial charge in [0.15, 0.2) is 0 Å². The van der Waals surface area contributed by atoms with Crippen molar-refractivity contribution < 1.29 is 14.3 Å². The Morgan fingerprint density at radius 2 is 2.05 bits per heavy atom. The Morgan fingerprint density at radius 3 is 2.75 bits per heavy atom. The van der Waals surface area contributed by atoms with Gasteiger partial charge in [-0.05, 0) is 24.8 Å². The van der Waals surface area contributed by atoms with E-state index in [0.29, 0.717) is 13.0 Å². The molecule has 2 aliphatic heterocycles. The van der Waals surface area contributed by atoms with Crippen LogP contribution in [0.1, 0.15) is 31.7 Å². The van der Waals surface area contributed by atoms with Crippen molar-refractivity contribution in [1.82, 2.24) is 4.90 Å². The molecule has 2 bridgehead atoms. The second-order valence-corrected chi connectivity index (χ2v) is 5.68. The number of ether oxygens (including phenoxy) is 1. The molecule has 0 spiro atoms. The van der Waals surface area contributed by atoms with E-state index < -0.39 is 0 Å². The SMILES string of the molecule is CC(=O)O[C@H]1C[C@@H]2CC[C@H]1N(Cc1ccccc1)C2=O. The van der Waals surface area contributed by atoms with Gasteiger partial charge in [0.25, 0.3) is 0 Å². The van der Waals surface area contributed by atoms with Crippen molar-refractivity contribution in [1.29, 1.82) is 0 Å². The number of carbonyl (C=O) groups is 2. The van der Waals surface area contributed by atoms with Gasteiger partial charge in [-0.1, -0.05) is 30.3 Å². The zero-order chi connectivity index (χ0) is 14.1. The molecule has 1 aromatic rings. The van der Waals surface area contributed by atoms with Crippen LogP contribution in [0.3, 0.4) is 0 Å². The average Bonchev–Trinajstić information content (AvgIpc) is 2.44. The third-order valence-electron chi connectivity index (χ3n) is 4.30. The van der Waals surface area contributed by atoms with Crippen molar-refractivity contribution >= 4 is 11.9 Å². The van der Waals surface area contributed by atoms with Crippen LogP contribution in [0, 0.1) is 5.92 Å². The summed E-state index contributed by atoms with van der Waals surface area (Å²) in [4.78, 5) is 25.5. The molecule has 2 saturated heterocycles. The van der Waals surface area contributed by atoms with Gasteiger partial charge in [0, 0.05) is 19.4 Å². The zero-order valence-corrected chi connectivity index (χ0v) is 11.6. The molecule has 1 aliphatic carbocycles. The minimum absolute atomic E-state index is 0.0214. The third kappa shape index (κ3) is 2.42. The summed E-state index contributed by atoms with van der Waals surface area (Å²) in [6.07, 6.45) is 2.41. The van der Waals surface area contributed by atoms with E-state index >= 15 is 0 Å². The van der Waals surface area contributed by atoms with Crippen LogP contribution >= 0.6 is 0 Å². The van der Waals surface area contributed by atoms with E-state index in [4.69, 9.17) is 4.74 Å². The number of nitrogens with zero attached hydrogens (tertiary/aromatic N) is 1. The van der Waals surface area contributed by atoms with Crippen LogP contribution in [-0.2, 0) is 20.9 Å². The number of hydrogen-bond donors (Lipinski definition) is 0. The maximum atomic E-state index is 12.4. The van der Waals surface area contributed by atoms with Gasteiger partial charge in [-0.15, -0.1) is 0 Å². The normalized spacial score (nSPS) is 28.6. The Balaban J connectivity index is 1.78. The predicted molar refractivity (Wildman–Crippen MR) is 73.7 cm³/mol. The smallest absolute Gasteiger partial charge is 0.302 e. The molecule has 0 unspecified atom stereocenters. The summed E-state index contributed by atoms with van der Waals surface area (Å²) in [5.41, 5.74) is 1.12. The van der Waals surface area contributed by atoms with Gasteiger partial charge in [0.05, 0.1) is 6.04 Å². The summed E-state index contributed by atoms with van der Waals surface area (Å²) >= 11 is 0. The third-order valence-corrected chi connectivity index (χ3v) is 4.30. The highest BCUT2D eigenvalue weighted by molar-refractivity contribution is 5.81. The molecule has 0 aromatic heterocycles. The Kier molecular flexibility index (Phi) is 3.47. The van der Waals surface area contributed by atoms with Crippen molar-refractivity contribution in [3.63, 3.8) is 0 Å². The lowest BCUT2D eigenvalue weighted by molar-refractivity contribution is -0.171. The molecule has 0 N–H and O–H groups in total. The molecule has 1 saturated carbocycles. The lowest BCUT2D eigenvalue weighted by Crippen LogP contribution is -2.59. The topological polar surface area (TPSA) is 46.6 Å². The second kappa shape index (κ2) is 5.27. The van der Waals surface area contributed by atoms with Gasteiger partial charge >= 0.3 is 5.97 Å². The van der Waals surface area contributed by atoms with Crippen LogP contribution in [0.5, 0.6) is 0 Å². The molecule has 3 fully saturated rings. The molecule has 2 heterocycles. The zero-order valence-electron chi connectivity index (χ0n) is 11.6. The van der Waals surface area contributed by atoms with Crippen molar-refractivity contribution in [3.05, 3.63) is 35.9 Å². The summed E-state index contributed by atoms with van der Waals surface area (Å²) in [5.74, 6) is -0.0174. The Morgan fingerprint density at radius 1 is 1.30 bits per heavy atom. The van der Waals surface area contributed by atoms with Gasteiger partial charge in [-0.2, -0.15) is 0 Å². The van der Waals surface area contributed by atoms with E-state index in [1.165, 1.54) is 6.92 Å². The summed E-state index contributed by atoms with van der Waals surface area (Å²) in [5, 5.41) is 0. The number of fused-ring (bicyclic) bond motifs is 3. The van der Waals surface area contributed by atoms with Crippen LogP contribution < -0.4 is 0 Å². The van der Waals surface area contributed by atoms with Crippen LogP contribution in [0.4, 0.5) is 0 Å². The van der Waals surface area contributed by atoms with Crippen LogP contribution in [-0.4, -0.2) is 28.9 Å². The maximum absolute atomic E-state index is 12.4. The molecule has 1 aromatic carbocycles. The highest BCUT2D eigenvalue weighted by atomic mass is 16.5. The summed E-state index contributed by atoms with van der Waals surface area (Å²) < 4.78 is 5.41. The number of rotatable bonds is 3. The fourth-order valence-electron chi connectivity index (χ4n) is 3.41. The van der Waals surface area contributed by atoms with E-state index in [9.17, 15) is 9.59 Å². The highest BCUT2D eigenvalue weighted by Gasteiger charge is 2.47. The fraction of sp³-hybridized carbons (Fsp3) is 0.500. The van der Waals surface area contributed by atoms with E-state index in [1.807, 2.05) is 35.2 Å². The Hall–Kier alpha value is -1.84. The molecule has 1 amide bonds. The van der Waals surface area contributed by atoms with Crippen molar-refractivity contribution in [2.45, 2.75) is 44.9 Å². The van der Waals surface area contributed by atoms with Crippen LogP contribution in [0.2, 0.25) is 0 Å². The molecule has 0 radical (unpaired) electrons. The first kappa shape index (κ1) is 13.2. The van der Waals surface area contributed by atoms with Crippen LogP contribution in [0.15, 0.2) is 30.3 Å². The molecular formula is C16H19NO3. The first-order chi connectivity index (χ1) is 9.65. The van der Waals surface area contributed by atoms with Gasteiger partial charge in [-0.3, -0.25) is 9.59 Å². The lowest BCUT2D eigenvalue weighted by Gasteiger charge is -2.48. The Bertz CT molecular complexity index is 514. The van der Waals surface area contributed by atoms with Crippen molar-refractivity contribution in [2.24, 2.45) is 5.92 Å². The molecule has 4 rings (SSSR count). The van der Waals surface area contributed by atoms with Crippen molar-refractivity contribution in [2.75, 3.05) is 0 Å². The van der Waals surface area contributed by atoms with Gasteiger partial charge in [-0.25, -0.2) is 0 Å². The second-order valence-electron chi connectivity index (χ2n) is 5.68. The van der Waals surface area contributed by atoms with E-state index in [2.05, 4.69) is 0 Å². The predicted octanol–water partition coefficient (Wildman–Crippen LogP) is 2.13. The molecule has 4 nitrogen and oxygen atoms in total. The number of esters is 1. The molecule has 4 heteroatoms. The van der Waals surface area contributed by atoms with E-state index in [0.717, 1.165) is 18.4 Å². The van der Waals surface area contributed by atoms with Crippen LogP contribution in [0.25, 0.3) is 0 Å². The molecule has 20 heavy (non-hydrogen) atoms. The van der Waals surface area contributed by atoms with Gasteiger partial charge in [0.1, 0.15) is 6.10 Å². The number of carbonyl (C=O) groups excluding carboxylic acids is 2. The van der Waals surface area contributed by atoms with Crippen molar-refractivity contribution in [3.8, 4) is 0 Å². The monoisotopic (exact) mass is 273 g/mol. The Labute approximate surface area is 118 Å². The lowest BCUT2D eigenvalue weighted by atomic mass is 9.77. The first-order valence-corrected chi connectivity index (χ1v) is 7.17. The quantitative estimate of drug-likeness (QED) is 0.793. The van der Waals surface area contributed by atoms with Gasteiger partial charge < -0.3 is 9.64 Å².